The molecule has 0 rings (SSSR count). The fourth-order valence-electron chi connectivity index (χ4n) is 0.105. The molecule has 0 aromatic rings. The standard InChI is InChI=1S/C5H6.ClH.Ru/c1-4-5(2)3;;/h2-3H3;1H;/q;;+1/p-1. The molecule has 7 heavy (non-hydrogen) atoms. The van der Waals surface area contributed by atoms with Crippen LogP contribution in [0, 0.1) is 0 Å². The van der Waals surface area contributed by atoms with E-state index in [1.54, 1.807) is 0 Å². The van der Waals surface area contributed by atoms with Crippen LogP contribution in [0.5, 0.6) is 0 Å². The van der Waals surface area contributed by atoms with Crippen LogP contribution in [0.15, 0.2) is 11.3 Å². The van der Waals surface area contributed by atoms with Crippen LogP contribution in [0.2, 0.25) is 0 Å². The van der Waals surface area contributed by atoms with E-state index in [9.17, 15) is 0 Å². The number of halogens is 1. The molecule has 41 valence electrons. The quantitative estimate of drug-likeness (QED) is 0.415. The summed E-state index contributed by atoms with van der Waals surface area (Å²) in [6, 6.07) is 0. The van der Waals surface area contributed by atoms with E-state index in [-0.39, 0.29) is 15.7 Å². The molecule has 0 saturated carbocycles. The first kappa shape index (κ1) is 7.34. The van der Waals surface area contributed by atoms with Crippen molar-refractivity contribution in [3.63, 3.8) is 0 Å². The molecular weight excluding hydrogens is 197 g/mol. The second-order valence-corrected chi connectivity index (χ2v) is 2.83. The zero-order valence-corrected chi connectivity index (χ0v) is 6.73. The van der Waals surface area contributed by atoms with Crippen LogP contribution in [0.25, 0.3) is 0 Å². The molecule has 0 aliphatic rings. The Balaban J connectivity index is 4.16. The van der Waals surface area contributed by atoms with Crippen LogP contribution >= 0.6 is 9.69 Å². The summed E-state index contributed by atoms with van der Waals surface area (Å²) < 4.78 is 2.82. The summed E-state index contributed by atoms with van der Waals surface area (Å²) in [5.41, 5.74) is 4.00. The second-order valence-electron chi connectivity index (χ2n) is 1.28. The SMILES string of the molecule is CC(C)=C=[C]=[Ru][Cl]. The molecule has 0 aromatic carbocycles. The summed E-state index contributed by atoms with van der Waals surface area (Å²) in [6.45, 7) is 3.94. The zero-order chi connectivity index (χ0) is 5.70. The third kappa shape index (κ3) is 6.34. The second kappa shape index (κ2) is 4.50. The van der Waals surface area contributed by atoms with E-state index in [2.05, 4.69) is 10.00 Å². The number of hydrogen-bond donors (Lipinski definition) is 0. The number of hydrogen-bond acceptors (Lipinski definition) is 0. The van der Waals surface area contributed by atoms with Crippen molar-refractivity contribution in [3.8, 4) is 0 Å². The minimum absolute atomic E-state index is 0.196. The van der Waals surface area contributed by atoms with E-state index in [0.29, 0.717) is 0 Å². The maximum atomic E-state index is 5.35. The molecule has 0 aliphatic carbocycles. The minimum atomic E-state index is -0.196. The number of allylic oxidation sites excluding steroid dienone is 1. The Kier molecular flexibility index (Phi) is 4.72. The van der Waals surface area contributed by atoms with Gasteiger partial charge >= 0.3 is 54.8 Å². The van der Waals surface area contributed by atoms with Crippen LogP contribution in [0.1, 0.15) is 13.8 Å². The third-order valence-electron chi connectivity index (χ3n) is 0.328. The van der Waals surface area contributed by atoms with Gasteiger partial charge in [0.1, 0.15) is 0 Å². The van der Waals surface area contributed by atoms with Gasteiger partial charge in [-0.25, -0.2) is 0 Å². The Morgan fingerprint density at radius 3 is 2.29 bits per heavy atom. The van der Waals surface area contributed by atoms with Gasteiger partial charge in [-0.2, -0.15) is 0 Å². The Labute approximate surface area is 55.0 Å². The van der Waals surface area contributed by atoms with E-state index in [4.69, 9.17) is 9.69 Å². The van der Waals surface area contributed by atoms with Crippen molar-refractivity contribution in [2.24, 2.45) is 0 Å². The molecule has 0 radical (unpaired) electrons. The van der Waals surface area contributed by atoms with Crippen molar-refractivity contribution in [2.75, 3.05) is 0 Å². The normalized spacial score (nSPS) is 6.71. The van der Waals surface area contributed by atoms with Gasteiger partial charge in [0, 0.05) is 0 Å². The van der Waals surface area contributed by atoms with Gasteiger partial charge in [-0.15, -0.1) is 0 Å². The van der Waals surface area contributed by atoms with E-state index in [1.807, 2.05) is 13.8 Å². The summed E-state index contributed by atoms with van der Waals surface area (Å²) in [5.74, 6) is 0. The van der Waals surface area contributed by atoms with Crippen molar-refractivity contribution in [2.45, 2.75) is 13.8 Å². The zero-order valence-electron chi connectivity index (χ0n) is 4.23. The topological polar surface area (TPSA) is 0 Å². The van der Waals surface area contributed by atoms with Crippen LogP contribution in [0.3, 0.4) is 0 Å². The molecule has 0 atom stereocenters. The first-order valence-electron chi connectivity index (χ1n) is 1.81. The van der Waals surface area contributed by atoms with E-state index >= 15 is 0 Å². The van der Waals surface area contributed by atoms with E-state index in [0.717, 1.165) is 5.57 Å². The molecule has 0 aliphatic heterocycles. The van der Waals surface area contributed by atoms with E-state index < -0.39 is 0 Å². The average Bonchev–Trinajstić information content (AvgIpc) is 1.61. The first-order valence-corrected chi connectivity index (χ1v) is 4.92. The summed E-state index contributed by atoms with van der Waals surface area (Å²) in [4.78, 5) is 0. The van der Waals surface area contributed by atoms with Crippen molar-refractivity contribution >= 4 is 14.0 Å². The van der Waals surface area contributed by atoms with E-state index in [1.165, 1.54) is 0 Å². The van der Waals surface area contributed by atoms with Gasteiger partial charge in [0.15, 0.2) is 0 Å². The van der Waals surface area contributed by atoms with Crippen molar-refractivity contribution in [3.05, 3.63) is 11.3 Å². The molecule has 0 unspecified atom stereocenters. The summed E-state index contributed by atoms with van der Waals surface area (Å²) in [5, 5.41) is 0. The van der Waals surface area contributed by atoms with Crippen LogP contribution in [-0.4, -0.2) is 4.26 Å². The Morgan fingerprint density at radius 2 is 2.14 bits per heavy atom. The van der Waals surface area contributed by atoms with Gasteiger partial charge in [0.2, 0.25) is 0 Å². The number of rotatable bonds is 0. The predicted octanol–water partition coefficient (Wildman–Crippen LogP) is 1.75. The van der Waals surface area contributed by atoms with Crippen LogP contribution < -0.4 is 0 Å². The molecule has 0 fully saturated rings. The molecule has 0 nitrogen and oxygen atoms in total. The van der Waals surface area contributed by atoms with Gasteiger partial charge in [0.25, 0.3) is 0 Å². The van der Waals surface area contributed by atoms with Crippen molar-refractivity contribution in [1.29, 1.82) is 0 Å². The van der Waals surface area contributed by atoms with Crippen LogP contribution in [-0.2, 0) is 15.7 Å². The van der Waals surface area contributed by atoms with Gasteiger partial charge < -0.3 is 0 Å². The fraction of sp³-hybridized carbons (Fsp3) is 0.400. The molecule has 0 heterocycles. The molecule has 0 amide bonds. The Morgan fingerprint density at radius 1 is 1.57 bits per heavy atom. The first-order chi connectivity index (χ1) is 3.27. The van der Waals surface area contributed by atoms with Gasteiger partial charge in [0.05, 0.1) is 0 Å². The fourth-order valence-corrected chi connectivity index (χ4v) is 0.819. The Bertz CT molecular complexity index is 132. The molecule has 0 spiro atoms. The third-order valence-corrected chi connectivity index (χ3v) is 1.10. The molecule has 0 saturated heterocycles. The van der Waals surface area contributed by atoms with Crippen molar-refractivity contribution < 1.29 is 15.7 Å². The molecule has 2 heteroatoms. The summed E-state index contributed by atoms with van der Waals surface area (Å²) in [7, 11) is 5.35. The molecule has 0 N–H and O–H groups in total. The average molecular weight is 203 g/mol. The maximum absolute atomic E-state index is 5.35. The summed E-state index contributed by atoms with van der Waals surface area (Å²) >= 11 is -0.196. The van der Waals surface area contributed by atoms with Crippen molar-refractivity contribution in [1.82, 2.24) is 0 Å². The monoisotopic (exact) mass is 203 g/mol. The predicted molar refractivity (Wildman–Crippen MR) is 29.2 cm³/mol. The van der Waals surface area contributed by atoms with Gasteiger partial charge in [-0.1, -0.05) is 0 Å². The molecular formula is C5H6ClRu. The molecule has 0 aromatic heterocycles. The van der Waals surface area contributed by atoms with Crippen LogP contribution in [0.4, 0.5) is 0 Å². The summed E-state index contributed by atoms with van der Waals surface area (Å²) in [6.07, 6.45) is 0. The Hall–Kier alpha value is 0.343. The van der Waals surface area contributed by atoms with Gasteiger partial charge in [-0.05, 0) is 0 Å². The van der Waals surface area contributed by atoms with Gasteiger partial charge in [-0.3, -0.25) is 0 Å². The molecule has 0 bridgehead atoms.